The number of aromatic nitrogens is 2. The van der Waals surface area contributed by atoms with Crippen molar-refractivity contribution in [2.75, 3.05) is 12.3 Å². The standard InChI is InChI=1S/C15H18FN3O2/c1-3-12-18-13(15(20)21-4-2)14(17)19(12)9-10-7-5-6-8-11(10)16/h5-8H,3-4,9,17H2,1-2H3. The smallest absolute Gasteiger partial charge is 0.360 e. The predicted octanol–water partition coefficient (Wildman–Crippen LogP) is 2.39. The average Bonchev–Trinajstić information content (AvgIpc) is 2.78. The van der Waals surface area contributed by atoms with Crippen molar-refractivity contribution in [3.05, 3.63) is 47.2 Å². The zero-order valence-corrected chi connectivity index (χ0v) is 12.1. The number of rotatable bonds is 5. The second kappa shape index (κ2) is 6.39. The number of halogens is 1. The van der Waals surface area contributed by atoms with Gasteiger partial charge in [0.15, 0.2) is 5.69 Å². The molecule has 2 N–H and O–H groups in total. The molecule has 0 amide bonds. The van der Waals surface area contributed by atoms with Gasteiger partial charge >= 0.3 is 5.97 Å². The first-order valence-corrected chi connectivity index (χ1v) is 6.83. The predicted molar refractivity (Wildman–Crippen MR) is 77.5 cm³/mol. The molecule has 0 unspecified atom stereocenters. The molecule has 0 aliphatic heterocycles. The third kappa shape index (κ3) is 3.04. The molecule has 0 radical (unpaired) electrons. The van der Waals surface area contributed by atoms with E-state index in [-0.39, 0.29) is 30.5 Å². The van der Waals surface area contributed by atoms with Crippen LogP contribution >= 0.6 is 0 Å². The Morgan fingerprint density at radius 1 is 1.38 bits per heavy atom. The lowest BCUT2D eigenvalue weighted by Crippen LogP contribution is -2.11. The van der Waals surface area contributed by atoms with Gasteiger partial charge in [-0.2, -0.15) is 0 Å². The summed E-state index contributed by atoms with van der Waals surface area (Å²) in [5.74, 6) is -0.0466. The number of imidazole rings is 1. The zero-order chi connectivity index (χ0) is 15.4. The monoisotopic (exact) mass is 291 g/mol. The van der Waals surface area contributed by atoms with E-state index in [0.29, 0.717) is 17.8 Å². The van der Waals surface area contributed by atoms with Crippen LogP contribution in [0.15, 0.2) is 24.3 Å². The molecule has 0 saturated carbocycles. The molecule has 1 heterocycles. The fourth-order valence-electron chi connectivity index (χ4n) is 2.11. The van der Waals surface area contributed by atoms with Crippen molar-refractivity contribution in [3.8, 4) is 0 Å². The Hall–Kier alpha value is -2.37. The van der Waals surface area contributed by atoms with Gasteiger partial charge in [-0.15, -0.1) is 0 Å². The Balaban J connectivity index is 2.39. The van der Waals surface area contributed by atoms with Crippen LogP contribution in [-0.2, 0) is 17.7 Å². The van der Waals surface area contributed by atoms with E-state index in [9.17, 15) is 9.18 Å². The molecule has 0 bridgehead atoms. The topological polar surface area (TPSA) is 70.1 Å². The van der Waals surface area contributed by atoms with E-state index in [2.05, 4.69) is 4.98 Å². The Morgan fingerprint density at radius 3 is 2.71 bits per heavy atom. The summed E-state index contributed by atoms with van der Waals surface area (Å²) in [4.78, 5) is 16.0. The number of nitrogens with zero attached hydrogens (tertiary/aromatic N) is 2. The minimum Gasteiger partial charge on any atom is -0.461 e. The normalized spacial score (nSPS) is 10.6. The Morgan fingerprint density at radius 2 is 2.10 bits per heavy atom. The zero-order valence-electron chi connectivity index (χ0n) is 12.1. The van der Waals surface area contributed by atoms with Crippen LogP contribution in [0.4, 0.5) is 10.2 Å². The molecule has 0 saturated heterocycles. The van der Waals surface area contributed by atoms with Gasteiger partial charge in [-0.05, 0) is 13.0 Å². The molecule has 1 aromatic carbocycles. The van der Waals surface area contributed by atoms with Crippen molar-refractivity contribution in [2.24, 2.45) is 0 Å². The summed E-state index contributed by atoms with van der Waals surface area (Å²) >= 11 is 0. The van der Waals surface area contributed by atoms with Crippen molar-refractivity contribution in [3.63, 3.8) is 0 Å². The Kier molecular flexibility index (Phi) is 4.57. The maximum Gasteiger partial charge on any atom is 0.360 e. The van der Waals surface area contributed by atoms with Gasteiger partial charge in [-0.3, -0.25) is 0 Å². The van der Waals surface area contributed by atoms with Crippen LogP contribution in [0.25, 0.3) is 0 Å². The number of esters is 1. The summed E-state index contributed by atoms with van der Waals surface area (Å²) in [7, 11) is 0. The highest BCUT2D eigenvalue weighted by Crippen LogP contribution is 2.19. The number of hydrogen-bond donors (Lipinski definition) is 1. The Labute approximate surface area is 122 Å². The summed E-state index contributed by atoms with van der Waals surface area (Å²) in [6.07, 6.45) is 0.581. The summed E-state index contributed by atoms with van der Waals surface area (Å²) in [5, 5.41) is 0. The van der Waals surface area contributed by atoms with Crippen molar-refractivity contribution in [1.82, 2.24) is 9.55 Å². The quantitative estimate of drug-likeness (QED) is 0.859. The van der Waals surface area contributed by atoms with E-state index in [4.69, 9.17) is 10.5 Å². The SMILES string of the molecule is CCOC(=O)c1nc(CC)n(Cc2ccccc2F)c1N. The van der Waals surface area contributed by atoms with Gasteiger partial charge in [0, 0.05) is 12.0 Å². The molecule has 0 aliphatic carbocycles. The highest BCUT2D eigenvalue weighted by molar-refractivity contribution is 5.92. The molecule has 0 spiro atoms. The number of ether oxygens (including phenoxy) is 1. The highest BCUT2D eigenvalue weighted by Gasteiger charge is 2.21. The van der Waals surface area contributed by atoms with E-state index < -0.39 is 5.97 Å². The van der Waals surface area contributed by atoms with Gasteiger partial charge < -0.3 is 15.0 Å². The van der Waals surface area contributed by atoms with E-state index in [0.717, 1.165) is 0 Å². The molecule has 6 heteroatoms. The molecule has 2 aromatic rings. The van der Waals surface area contributed by atoms with Crippen LogP contribution in [0.3, 0.4) is 0 Å². The van der Waals surface area contributed by atoms with Gasteiger partial charge in [0.25, 0.3) is 0 Å². The molecule has 0 fully saturated rings. The van der Waals surface area contributed by atoms with Gasteiger partial charge in [-0.25, -0.2) is 14.2 Å². The summed E-state index contributed by atoms with van der Waals surface area (Å²) in [6, 6.07) is 6.45. The summed E-state index contributed by atoms with van der Waals surface area (Å²) < 4.78 is 20.3. The van der Waals surface area contributed by atoms with Crippen LogP contribution in [0.2, 0.25) is 0 Å². The molecule has 21 heavy (non-hydrogen) atoms. The number of anilines is 1. The lowest BCUT2D eigenvalue weighted by Gasteiger charge is -2.09. The van der Waals surface area contributed by atoms with Crippen LogP contribution in [-0.4, -0.2) is 22.1 Å². The third-order valence-electron chi connectivity index (χ3n) is 3.16. The fraction of sp³-hybridized carbons (Fsp3) is 0.333. The third-order valence-corrected chi connectivity index (χ3v) is 3.16. The molecular formula is C15H18FN3O2. The summed E-state index contributed by atoms with van der Waals surface area (Å²) in [6.45, 7) is 4.09. The molecule has 1 aromatic heterocycles. The minimum atomic E-state index is -0.558. The lowest BCUT2D eigenvalue weighted by atomic mass is 10.2. The first-order valence-electron chi connectivity index (χ1n) is 6.83. The first kappa shape index (κ1) is 15.0. The maximum absolute atomic E-state index is 13.8. The van der Waals surface area contributed by atoms with Crippen molar-refractivity contribution >= 4 is 11.8 Å². The van der Waals surface area contributed by atoms with E-state index in [1.165, 1.54) is 6.07 Å². The molecule has 112 valence electrons. The summed E-state index contributed by atoms with van der Waals surface area (Å²) in [5.41, 5.74) is 6.57. The lowest BCUT2D eigenvalue weighted by molar-refractivity contribution is 0.0521. The van der Waals surface area contributed by atoms with Crippen molar-refractivity contribution in [2.45, 2.75) is 26.8 Å². The molecule has 5 nitrogen and oxygen atoms in total. The van der Waals surface area contributed by atoms with Crippen LogP contribution in [0.1, 0.15) is 35.7 Å². The number of aryl methyl sites for hydroxylation is 1. The number of nitrogen functional groups attached to an aromatic ring is 1. The highest BCUT2D eigenvalue weighted by atomic mass is 19.1. The number of benzene rings is 1. The number of nitrogens with two attached hydrogens (primary N) is 1. The van der Waals surface area contributed by atoms with Crippen molar-refractivity contribution in [1.29, 1.82) is 0 Å². The number of carbonyl (C=O) groups excluding carboxylic acids is 1. The van der Waals surface area contributed by atoms with E-state index in [1.807, 2.05) is 6.92 Å². The molecule has 2 rings (SSSR count). The van der Waals surface area contributed by atoms with Crippen LogP contribution < -0.4 is 5.73 Å². The largest absolute Gasteiger partial charge is 0.461 e. The molecule has 0 aliphatic rings. The van der Waals surface area contributed by atoms with Gasteiger partial charge in [-0.1, -0.05) is 25.1 Å². The Bertz CT molecular complexity index is 652. The van der Waals surface area contributed by atoms with E-state index >= 15 is 0 Å². The van der Waals surface area contributed by atoms with Crippen LogP contribution in [0.5, 0.6) is 0 Å². The first-order chi connectivity index (χ1) is 10.1. The number of hydrogen-bond acceptors (Lipinski definition) is 4. The average molecular weight is 291 g/mol. The van der Waals surface area contributed by atoms with Gasteiger partial charge in [0.2, 0.25) is 0 Å². The van der Waals surface area contributed by atoms with Gasteiger partial charge in [0.1, 0.15) is 17.5 Å². The minimum absolute atomic E-state index is 0.0880. The van der Waals surface area contributed by atoms with E-state index in [1.54, 1.807) is 29.7 Å². The second-order valence-corrected chi connectivity index (χ2v) is 4.51. The van der Waals surface area contributed by atoms with Gasteiger partial charge in [0.05, 0.1) is 13.2 Å². The second-order valence-electron chi connectivity index (χ2n) is 4.51. The maximum atomic E-state index is 13.8. The van der Waals surface area contributed by atoms with Crippen LogP contribution in [0, 0.1) is 5.82 Å². The number of carbonyl (C=O) groups is 1. The molecular weight excluding hydrogens is 273 g/mol. The van der Waals surface area contributed by atoms with Crippen molar-refractivity contribution < 1.29 is 13.9 Å². The molecule has 0 atom stereocenters. The fourth-order valence-corrected chi connectivity index (χ4v) is 2.11.